The molecule has 2 rings (SSSR count). The lowest BCUT2D eigenvalue weighted by Gasteiger charge is -2.48. The van der Waals surface area contributed by atoms with Crippen molar-refractivity contribution < 1.29 is 19.4 Å². The van der Waals surface area contributed by atoms with Crippen LogP contribution in [0, 0.1) is 0 Å². The summed E-state index contributed by atoms with van der Waals surface area (Å²) in [5, 5.41) is 9.33. The first kappa shape index (κ1) is 14.4. The molecule has 2 aliphatic heterocycles. The van der Waals surface area contributed by atoms with Crippen molar-refractivity contribution in [2.24, 2.45) is 5.73 Å². The number of amides is 1. The fourth-order valence-corrected chi connectivity index (χ4v) is 3.21. The minimum absolute atomic E-state index is 0.144. The van der Waals surface area contributed by atoms with Crippen LogP contribution in [0.15, 0.2) is 10.6 Å². The summed E-state index contributed by atoms with van der Waals surface area (Å²) in [7, 11) is 0. The van der Waals surface area contributed by atoms with E-state index in [9.17, 15) is 14.7 Å². The molecule has 2 heterocycles. The van der Waals surface area contributed by atoms with Gasteiger partial charge in [0.25, 0.3) is 0 Å². The third-order valence-electron chi connectivity index (χ3n) is 2.94. The van der Waals surface area contributed by atoms with Gasteiger partial charge in [-0.15, -0.1) is 11.8 Å². The van der Waals surface area contributed by atoms with E-state index in [-0.39, 0.29) is 24.3 Å². The highest BCUT2D eigenvalue weighted by atomic mass is 32.2. The van der Waals surface area contributed by atoms with Gasteiger partial charge in [0.05, 0.1) is 12.6 Å². The highest BCUT2D eigenvalue weighted by Crippen LogP contribution is 2.38. The number of nitrogens with zero attached hydrogens (tertiary/aromatic N) is 1. The minimum atomic E-state index is -0.654. The average molecular weight is 286 g/mol. The highest BCUT2D eigenvalue weighted by Gasteiger charge is 2.51. The lowest BCUT2D eigenvalue weighted by molar-refractivity contribution is -0.159. The molecule has 0 spiro atoms. The van der Waals surface area contributed by atoms with Gasteiger partial charge in [0, 0.05) is 10.7 Å². The molecule has 0 aromatic carbocycles. The van der Waals surface area contributed by atoms with Crippen molar-refractivity contribution in [2.45, 2.75) is 38.5 Å². The van der Waals surface area contributed by atoms with Gasteiger partial charge < -0.3 is 15.6 Å². The van der Waals surface area contributed by atoms with E-state index in [0.29, 0.717) is 10.7 Å². The number of aliphatic hydroxyl groups excluding tert-OH is 1. The molecule has 1 saturated heterocycles. The lowest BCUT2D eigenvalue weighted by atomic mass is 9.96. The van der Waals surface area contributed by atoms with E-state index in [1.165, 1.54) is 16.7 Å². The number of rotatable bonds is 2. The summed E-state index contributed by atoms with van der Waals surface area (Å²) < 4.78 is 5.29. The predicted molar refractivity (Wildman–Crippen MR) is 71.0 cm³/mol. The normalized spacial score (nSPS) is 27.0. The van der Waals surface area contributed by atoms with E-state index in [2.05, 4.69) is 0 Å². The molecule has 2 aliphatic rings. The maximum atomic E-state index is 12.2. The van der Waals surface area contributed by atoms with E-state index >= 15 is 0 Å². The molecule has 3 N–H and O–H groups in total. The quantitative estimate of drug-likeness (QED) is 0.540. The lowest BCUT2D eigenvalue weighted by Crippen LogP contribution is -2.70. The Bertz CT molecular complexity index is 455. The van der Waals surface area contributed by atoms with E-state index in [1.807, 2.05) is 0 Å². The molecule has 0 aromatic heterocycles. The van der Waals surface area contributed by atoms with Crippen molar-refractivity contribution in [2.75, 3.05) is 12.4 Å². The van der Waals surface area contributed by atoms with Gasteiger partial charge in [0.1, 0.15) is 17.3 Å². The Hall–Kier alpha value is -1.05. The molecule has 2 atom stereocenters. The van der Waals surface area contributed by atoms with E-state index in [0.717, 1.165) is 0 Å². The molecular formula is C12H18N2O4S. The zero-order valence-corrected chi connectivity index (χ0v) is 12.0. The molecule has 6 nitrogen and oxygen atoms in total. The maximum absolute atomic E-state index is 12.2. The second-order valence-electron chi connectivity index (χ2n) is 5.54. The van der Waals surface area contributed by atoms with Gasteiger partial charge in [-0.1, -0.05) is 0 Å². The number of β-lactam (4-membered cyclic amide) rings is 1. The molecule has 1 fully saturated rings. The van der Waals surface area contributed by atoms with Crippen LogP contribution >= 0.6 is 11.8 Å². The van der Waals surface area contributed by atoms with Gasteiger partial charge in [-0.2, -0.15) is 0 Å². The molecule has 0 aromatic rings. The van der Waals surface area contributed by atoms with Crippen molar-refractivity contribution in [3.05, 3.63) is 10.6 Å². The number of ether oxygens (including phenoxy) is 1. The van der Waals surface area contributed by atoms with Crippen molar-refractivity contribution in [1.29, 1.82) is 0 Å². The third kappa shape index (κ3) is 2.50. The molecule has 1 amide bonds. The number of hydrogen-bond donors (Lipinski definition) is 2. The summed E-state index contributed by atoms with van der Waals surface area (Å²) in [5.41, 5.74) is 5.20. The first-order valence-electron chi connectivity index (χ1n) is 6.05. The Balaban J connectivity index is 2.30. The molecule has 0 unspecified atom stereocenters. The van der Waals surface area contributed by atoms with Crippen molar-refractivity contribution in [1.82, 2.24) is 4.90 Å². The summed E-state index contributed by atoms with van der Waals surface area (Å²) in [6, 6.07) is -0.750. The van der Waals surface area contributed by atoms with Crippen LogP contribution in [0.1, 0.15) is 20.8 Å². The van der Waals surface area contributed by atoms with Crippen LogP contribution in [0.3, 0.4) is 0 Å². The zero-order chi connectivity index (χ0) is 14.4. The summed E-state index contributed by atoms with van der Waals surface area (Å²) in [6.45, 7) is 4.97. The maximum Gasteiger partial charge on any atom is 0.356 e. The van der Waals surface area contributed by atoms with E-state index < -0.39 is 17.6 Å². The average Bonchev–Trinajstić information content (AvgIpc) is 2.33. The Kier molecular flexibility index (Phi) is 3.63. The van der Waals surface area contributed by atoms with Crippen LogP contribution in [0.2, 0.25) is 0 Å². The first-order valence-corrected chi connectivity index (χ1v) is 7.03. The summed E-state index contributed by atoms with van der Waals surface area (Å²) in [6.07, 6.45) is 0. The summed E-state index contributed by atoms with van der Waals surface area (Å²) in [5.74, 6) is -0.291. The Morgan fingerprint density at radius 1 is 1.58 bits per heavy atom. The molecule has 106 valence electrons. The second-order valence-corrected chi connectivity index (χ2v) is 6.66. The minimum Gasteiger partial charge on any atom is -0.455 e. The number of carbonyl (C=O) groups is 2. The standard InChI is InChI=1S/C12H18N2O4S/c1-12(2,3)18-11(17)9-7(4-15)19-5-6-8(13)10(16)14(6)9/h6,8,15H,4-5,13H2,1-3H3/t6-,8+/m1/s1. The van der Waals surface area contributed by atoms with Crippen LogP contribution in [0.4, 0.5) is 0 Å². The molecule has 0 saturated carbocycles. The van der Waals surface area contributed by atoms with Gasteiger partial charge in [-0.05, 0) is 20.8 Å². The molecule has 0 bridgehead atoms. The molecule has 0 aliphatic carbocycles. The number of hydrogen-bond acceptors (Lipinski definition) is 6. The van der Waals surface area contributed by atoms with E-state index in [1.54, 1.807) is 20.8 Å². The highest BCUT2D eigenvalue weighted by molar-refractivity contribution is 8.03. The predicted octanol–water partition coefficient (Wildman–Crippen LogP) is -0.183. The van der Waals surface area contributed by atoms with Crippen LogP contribution in [-0.2, 0) is 14.3 Å². The fraction of sp³-hybridized carbons (Fsp3) is 0.667. The summed E-state index contributed by atoms with van der Waals surface area (Å²) in [4.78, 5) is 25.8. The molecule has 19 heavy (non-hydrogen) atoms. The second kappa shape index (κ2) is 4.81. The first-order chi connectivity index (χ1) is 8.76. The number of esters is 1. The monoisotopic (exact) mass is 286 g/mol. The number of fused-ring (bicyclic) bond motifs is 1. The van der Waals surface area contributed by atoms with Gasteiger partial charge >= 0.3 is 5.97 Å². The zero-order valence-electron chi connectivity index (χ0n) is 11.2. The van der Waals surface area contributed by atoms with Crippen molar-refractivity contribution in [3.63, 3.8) is 0 Å². The van der Waals surface area contributed by atoms with Crippen LogP contribution in [0.25, 0.3) is 0 Å². The number of thioether (sulfide) groups is 1. The van der Waals surface area contributed by atoms with Gasteiger partial charge in [0.2, 0.25) is 5.91 Å². The van der Waals surface area contributed by atoms with Crippen molar-refractivity contribution >= 4 is 23.6 Å². The third-order valence-corrected chi connectivity index (χ3v) is 4.12. The molecule has 0 radical (unpaired) electrons. The molecular weight excluding hydrogens is 268 g/mol. The topological polar surface area (TPSA) is 92.9 Å². The Labute approximate surface area is 116 Å². The SMILES string of the molecule is CC(C)(C)OC(=O)C1=C(CO)SC[C@@H]2[C@H](N)C(=O)N12. The Morgan fingerprint density at radius 3 is 2.74 bits per heavy atom. The summed E-state index contributed by atoms with van der Waals surface area (Å²) >= 11 is 1.35. The van der Waals surface area contributed by atoms with Gasteiger partial charge in [-0.25, -0.2) is 4.79 Å². The van der Waals surface area contributed by atoms with Crippen LogP contribution in [-0.4, -0.2) is 51.9 Å². The Morgan fingerprint density at radius 2 is 2.21 bits per heavy atom. The fourth-order valence-electron chi connectivity index (χ4n) is 2.07. The van der Waals surface area contributed by atoms with Gasteiger partial charge in [0.15, 0.2) is 0 Å². The number of carbonyl (C=O) groups excluding carboxylic acids is 2. The van der Waals surface area contributed by atoms with Gasteiger partial charge in [-0.3, -0.25) is 9.69 Å². The number of nitrogens with two attached hydrogens (primary N) is 1. The number of aliphatic hydroxyl groups is 1. The van der Waals surface area contributed by atoms with Crippen LogP contribution in [0.5, 0.6) is 0 Å². The van der Waals surface area contributed by atoms with Crippen molar-refractivity contribution in [3.8, 4) is 0 Å². The largest absolute Gasteiger partial charge is 0.455 e. The van der Waals surface area contributed by atoms with Crippen LogP contribution < -0.4 is 5.73 Å². The molecule has 7 heteroatoms. The van der Waals surface area contributed by atoms with E-state index in [4.69, 9.17) is 10.5 Å². The smallest absolute Gasteiger partial charge is 0.356 e.